The van der Waals surface area contributed by atoms with Crippen molar-refractivity contribution in [3.05, 3.63) is 11.9 Å². The largest absolute Gasteiger partial charge is 0.340 e. The standard InChI is InChI=1S/C12H20N4/c1-9-6-15(2)12(14-9)16-7-10-4-3-5-13-11(10)8-16/h6,10-11,13H,3-5,7-8H2,1-2H3/t10-,11+/m0/s1. The first-order chi connectivity index (χ1) is 7.74. The van der Waals surface area contributed by atoms with Crippen LogP contribution in [0.5, 0.6) is 0 Å². The minimum atomic E-state index is 0.686. The Morgan fingerprint density at radius 1 is 1.44 bits per heavy atom. The lowest BCUT2D eigenvalue weighted by Crippen LogP contribution is -2.40. The van der Waals surface area contributed by atoms with Crippen molar-refractivity contribution >= 4 is 5.95 Å². The van der Waals surface area contributed by atoms with Gasteiger partial charge in [-0.25, -0.2) is 4.98 Å². The maximum absolute atomic E-state index is 4.61. The maximum atomic E-state index is 4.61. The summed E-state index contributed by atoms with van der Waals surface area (Å²) < 4.78 is 2.15. The van der Waals surface area contributed by atoms with Gasteiger partial charge in [-0.05, 0) is 32.2 Å². The van der Waals surface area contributed by atoms with Gasteiger partial charge in [-0.2, -0.15) is 0 Å². The highest BCUT2D eigenvalue weighted by Gasteiger charge is 2.35. The second-order valence-corrected chi connectivity index (χ2v) is 5.16. The van der Waals surface area contributed by atoms with Crippen LogP contribution in [-0.2, 0) is 7.05 Å². The molecule has 0 saturated carbocycles. The highest BCUT2D eigenvalue weighted by Crippen LogP contribution is 2.28. The molecule has 16 heavy (non-hydrogen) atoms. The molecule has 0 aliphatic carbocycles. The predicted molar refractivity (Wildman–Crippen MR) is 64.7 cm³/mol. The molecular formula is C12H20N4. The van der Waals surface area contributed by atoms with Crippen LogP contribution < -0.4 is 10.2 Å². The normalized spacial score (nSPS) is 29.5. The summed E-state index contributed by atoms with van der Waals surface area (Å²) in [6.45, 7) is 5.54. The van der Waals surface area contributed by atoms with Gasteiger partial charge in [0.25, 0.3) is 0 Å². The van der Waals surface area contributed by atoms with Crippen molar-refractivity contribution in [2.45, 2.75) is 25.8 Å². The van der Waals surface area contributed by atoms with Crippen LogP contribution >= 0.6 is 0 Å². The van der Waals surface area contributed by atoms with Gasteiger partial charge in [0, 0.05) is 32.4 Å². The van der Waals surface area contributed by atoms with Crippen LogP contribution in [0.25, 0.3) is 0 Å². The molecule has 2 atom stereocenters. The molecule has 1 aromatic heterocycles. The lowest BCUT2D eigenvalue weighted by molar-refractivity contribution is 0.340. The minimum absolute atomic E-state index is 0.686. The number of anilines is 1. The Morgan fingerprint density at radius 3 is 3.00 bits per heavy atom. The second kappa shape index (κ2) is 3.77. The zero-order valence-corrected chi connectivity index (χ0v) is 10.1. The van der Waals surface area contributed by atoms with E-state index in [-0.39, 0.29) is 0 Å². The number of nitrogens with zero attached hydrogens (tertiary/aromatic N) is 3. The van der Waals surface area contributed by atoms with E-state index in [2.05, 4.69) is 39.9 Å². The molecule has 3 heterocycles. The molecule has 88 valence electrons. The fraction of sp³-hybridized carbons (Fsp3) is 0.750. The molecule has 0 aromatic carbocycles. The second-order valence-electron chi connectivity index (χ2n) is 5.16. The molecule has 2 saturated heterocycles. The topological polar surface area (TPSA) is 33.1 Å². The number of hydrogen-bond donors (Lipinski definition) is 1. The molecule has 4 heteroatoms. The zero-order chi connectivity index (χ0) is 11.1. The summed E-state index contributed by atoms with van der Waals surface area (Å²) in [5.41, 5.74) is 1.11. The van der Waals surface area contributed by atoms with Crippen LogP contribution in [0.15, 0.2) is 6.20 Å². The first kappa shape index (κ1) is 10.1. The average Bonchev–Trinajstić information content (AvgIpc) is 2.81. The third-order valence-corrected chi connectivity index (χ3v) is 3.85. The Kier molecular flexibility index (Phi) is 2.39. The van der Waals surface area contributed by atoms with Crippen LogP contribution in [0.1, 0.15) is 18.5 Å². The number of fused-ring (bicyclic) bond motifs is 1. The smallest absolute Gasteiger partial charge is 0.205 e. The van der Waals surface area contributed by atoms with E-state index in [1.54, 1.807) is 0 Å². The van der Waals surface area contributed by atoms with Gasteiger partial charge in [-0.3, -0.25) is 0 Å². The first-order valence-corrected chi connectivity index (χ1v) is 6.22. The number of hydrogen-bond acceptors (Lipinski definition) is 3. The van der Waals surface area contributed by atoms with Gasteiger partial charge >= 0.3 is 0 Å². The zero-order valence-electron chi connectivity index (χ0n) is 10.1. The SMILES string of the molecule is Cc1cn(C)c(N2C[C@@H]3CCCN[C@@H]3C2)n1. The van der Waals surface area contributed by atoms with Gasteiger partial charge < -0.3 is 14.8 Å². The van der Waals surface area contributed by atoms with Gasteiger partial charge in [0.15, 0.2) is 0 Å². The molecule has 4 nitrogen and oxygen atoms in total. The molecule has 0 unspecified atom stereocenters. The van der Waals surface area contributed by atoms with E-state index in [0.29, 0.717) is 6.04 Å². The first-order valence-electron chi connectivity index (χ1n) is 6.22. The number of aryl methyl sites for hydroxylation is 2. The van der Waals surface area contributed by atoms with Crippen molar-refractivity contribution in [1.82, 2.24) is 14.9 Å². The summed E-state index contributed by atoms with van der Waals surface area (Å²) in [4.78, 5) is 7.04. The third-order valence-electron chi connectivity index (χ3n) is 3.85. The number of aromatic nitrogens is 2. The van der Waals surface area contributed by atoms with Gasteiger partial charge in [0.05, 0.1) is 5.69 Å². The fourth-order valence-corrected chi connectivity index (χ4v) is 3.11. The van der Waals surface area contributed by atoms with Crippen molar-refractivity contribution in [2.24, 2.45) is 13.0 Å². The summed E-state index contributed by atoms with van der Waals surface area (Å²) in [7, 11) is 2.09. The summed E-state index contributed by atoms with van der Waals surface area (Å²) in [5, 5.41) is 3.63. The van der Waals surface area contributed by atoms with E-state index in [9.17, 15) is 0 Å². The summed E-state index contributed by atoms with van der Waals surface area (Å²) in [6, 6.07) is 0.686. The minimum Gasteiger partial charge on any atom is -0.340 e. The van der Waals surface area contributed by atoms with Crippen LogP contribution in [0.4, 0.5) is 5.95 Å². The van der Waals surface area contributed by atoms with Crippen molar-refractivity contribution in [2.75, 3.05) is 24.5 Å². The molecule has 3 rings (SSSR count). The maximum Gasteiger partial charge on any atom is 0.205 e. The number of rotatable bonds is 1. The van der Waals surface area contributed by atoms with E-state index < -0.39 is 0 Å². The molecule has 2 fully saturated rings. The van der Waals surface area contributed by atoms with E-state index in [0.717, 1.165) is 24.1 Å². The van der Waals surface area contributed by atoms with Crippen molar-refractivity contribution in [3.8, 4) is 0 Å². The summed E-state index contributed by atoms with van der Waals surface area (Å²) in [5.74, 6) is 1.96. The average molecular weight is 220 g/mol. The summed E-state index contributed by atoms with van der Waals surface area (Å²) in [6.07, 6.45) is 4.80. The Morgan fingerprint density at radius 2 is 2.31 bits per heavy atom. The van der Waals surface area contributed by atoms with Crippen molar-refractivity contribution in [1.29, 1.82) is 0 Å². The monoisotopic (exact) mass is 220 g/mol. The Bertz CT molecular complexity index is 370. The van der Waals surface area contributed by atoms with Crippen LogP contribution in [-0.4, -0.2) is 35.2 Å². The van der Waals surface area contributed by atoms with Crippen LogP contribution in [0.2, 0.25) is 0 Å². The molecule has 1 N–H and O–H groups in total. The molecule has 0 spiro atoms. The number of piperidine rings is 1. The molecule has 0 radical (unpaired) electrons. The van der Waals surface area contributed by atoms with Crippen molar-refractivity contribution in [3.63, 3.8) is 0 Å². The van der Waals surface area contributed by atoms with E-state index in [1.807, 2.05) is 0 Å². The Labute approximate surface area is 96.7 Å². The van der Waals surface area contributed by atoms with E-state index in [1.165, 1.54) is 25.9 Å². The quantitative estimate of drug-likeness (QED) is 0.764. The molecule has 0 amide bonds. The molecular weight excluding hydrogens is 200 g/mol. The molecule has 2 aliphatic heterocycles. The van der Waals surface area contributed by atoms with Crippen LogP contribution in [0, 0.1) is 12.8 Å². The van der Waals surface area contributed by atoms with Gasteiger partial charge in [-0.15, -0.1) is 0 Å². The van der Waals surface area contributed by atoms with Crippen molar-refractivity contribution < 1.29 is 0 Å². The molecule has 0 bridgehead atoms. The molecule has 1 aromatic rings. The number of imidazole rings is 1. The fourth-order valence-electron chi connectivity index (χ4n) is 3.11. The predicted octanol–water partition coefficient (Wildman–Crippen LogP) is 0.917. The van der Waals surface area contributed by atoms with Gasteiger partial charge in [0.1, 0.15) is 0 Å². The summed E-state index contributed by atoms with van der Waals surface area (Å²) >= 11 is 0. The highest BCUT2D eigenvalue weighted by atomic mass is 15.3. The Hall–Kier alpha value is -1.03. The highest BCUT2D eigenvalue weighted by molar-refractivity contribution is 5.36. The van der Waals surface area contributed by atoms with Gasteiger partial charge in [-0.1, -0.05) is 0 Å². The number of nitrogens with one attached hydrogen (secondary N) is 1. The lowest BCUT2D eigenvalue weighted by Gasteiger charge is -2.24. The Balaban J connectivity index is 1.79. The van der Waals surface area contributed by atoms with Gasteiger partial charge in [0.2, 0.25) is 5.95 Å². The third kappa shape index (κ3) is 1.61. The van der Waals surface area contributed by atoms with Crippen LogP contribution in [0.3, 0.4) is 0 Å². The molecule has 2 aliphatic rings. The van der Waals surface area contributed by atoms with E-state index >= 15 is 0 Å². The lowest BCUT2D eigenvalue weighted by atomic mass is 9.94. The van der Waals surface area contributed by atoms with E-state index in [4.69, 9.17) is 0 Å².